The van der Waals surface area contributed by atoms with Gasteiger partial charge in [-0.25, -0.2) is 0 Å². The molecular weight excluding hydrogens is 310 g/mol. The van der Waals surface area contributed by atoms with Gasteiger partial charge >= 0.3 is 5.97 Å². The van der Waals surface area contributed by atoms with Crippen molar-refractivity contribution >= 4 is 11.8 Å². The Balaban J connectivity index is 2.08. The SMILES string of the molecule is CCOc1ccc(CN2CCC(=O)C(C(=O)OC)C2)cc1OCC. The number of rotatable bonds is 7. The summed E-state index contributed by atoms with van der Waals surface area (Å²) in [5.74, 6) is 0.267. The number of benzene rings is 1. The van der Waals surface area contributed by atoms with Crippen LogP contribution in [0, 0.1) is 5.92 Å². The van der Waals surface area contributed by atoms with Crippen LogP contribution >= 0.6 is 0 Å². The third-order valence-corrected chi connectivity index (χ3v) is 4.00. The van der Waals surface area contributed by atoms with Crippen molar-refractivity contribution in [3.8, 4) is 11.5 Å². The highest BCUT2D eigenvalue weighted by Gasteiger charge is 2.33. The van der Waals surface area contributed by atoms with Gasteiger partial charge in [0.25, 0.3) is 0 Å². The Morgan fingerprint density at radius 2 is 1.92 bits per heavy atom. The summed E-state index contributed by atoms with van der Waals surface area (Å²) in [6.45, 7) is 6.68. The monoisotopic (exact) mass is 335 g/mol. The van der Waals surface area contributed by atoms with E-state index >= 15 is 0 Å². The molecule has 0 aromatic heterocycles. The Morgan fingerprint density at radius 1 is 1.21 bits per heavy atom. The Labute approximate surface area is 142 Å². The highest BCUT2D eigenvalue weighted by atomic mass is 16.5. The molecule has 24 heavy (non-hydrogen) atoms. The van der Waals surface area contributed by atoms with E-state index in [1.165, 1.54) is 7.11 Å². The standard InChI is InChI=1S/C18H25NO5/c1-4-23-16-7-6-13(10-17(16)24-5-2)11-19-9-8-15(20)14(12-19)18(21)22-3/h6-7,10,14H,4-5,8-9,11-12H2,1-3H3. The van der Waals surface area contributed by atoms with Crippen molar-refractivity contribution in [3.05, 3.63) is 23.8 Å². The highest BCUT2D eigenvalue weighted by molar-refractivity contribution is 5.99. The summed E-state index contributed by atoms with van der Waals surface area (Å²) in [7, 11) is 1.31. The summed E-state index contributed by atoms with van der Waals surface area (Å²) in [6.07, 6.45) is 0.370. The van der Waals surface area contributed by atoms with Gasteiger partial charge in [-0.1, -0.05) is 6.07 Å². The van der Waals surface area contributed by atoms with Crippen molar-refractivity contribution in [2.45, 2.75) is 26.8 Å². The maximum Gasteiger partial charge on any atom is 0.317 e. The summed E-state index contributed by atoms with van der Waals surface area (Å²) >= 11 is 0. The lowest BCUT2D eigenvalue weighted by Gasteiger charge is -2.30. The van der Waals surface area contributed by atoms with Gasteiger partial charge in [-0.05, 0) is 31.5 Å². The van der Waals surface area contributed by atoms with Gasteiger partial charge in [-0.2, -0.15) is 0 Å². The van der Waals surface area contributed by atoms with Crippen molar-refractivity contribution < 1.29 is 23.8 Å². The molecule has 6 heteroatoms. The number of Topliss-reactive ketones (excluding diaryl/α,β-unsaturated/α-hetero) is 1. The fourth-order valence-electron chi connectivity index (χ4n) is 2.84. The molecule has 132 valence electrons. The average molecular weight is 335 g/mol. The molecule has 1 unspecified atom stereocenters. The molecule has 6 nitrogen and oxygen atoms in total. The first-order valence-electron chi connectivity index (χ1n) is 8.30. The lowest BCUT2D eigenvalue weighted by molar-refractivity contribution is -0.152. The number of hydrogen-bond acceptors (Lipinski definition) is 6. The predicted molar refractivity (Wildman–Crippen MR) is 89.2 cm³/mol. The normalized spacial score (nSPS) is 18.3. The van der Waals surface area contributed by atoms with Crippen LogP contribution < -0.4 is 9.47 Å². The molecule has 1 fully saturated rings. The van der Waals surface area contributed by atoms with Crippen LogP contribution in [-0.4, -0.2) is 50.1 Å². The number of ketones is 1. The molecular formula is C18H25NO5. The van der Waals surface area contributed by atoms with E-state index in [9.17, 15) is 9.59 Å². The molecule has 0 spiro atoms. The average Bonchev–Trinajstić information content (AvgIpc) is 2.58. The van der Waals surface area contributed by atoms with Gasteiger partial charge in [0.15, 0.2) is 11.5 Å². The van der Waals surface area contributed by atoms with Crippen LogP contribution in [0.5, 0.6) is 11.5 Å². The van der Waals surface area contributed by atoms with Crippen LogP contribution in [0.25, 0.3) is 0 Å². The smallest absolute Gasteiger partial charge is 0.317 e. The number of esters is 1. The third kappa shape index (κ3) is 4.47. The van der Waals surface area contributed by atoms with Crippen LogP contribution in [0.3, 0.4) is 0 Å². The molecule has 1 aromatic rings. The van der Waals surface area contributed by atoms with E-state index in [4.69, 9.17) is 14.2 Å². The fourth-order valence-corrected chi connectivity index (χ4v) is 2.84. The maximum atomic E-state index is 11.9. The number of likely N-dealkylation sites (tertiary alicyclic amines) is 1. The number of ether oxygens (including phenoxy) is 3. The topological polar surface area (TPSA) is 65.1 Å². The quantitative estimate of drug-likeness (QED) is 0.561. The molecule has 1 heterocycles. The second-order valence-corrected chi connectivity index (χ2v) is 5.67. The van der Waals surface area contributed by atoms with Crippen molar-refractivity contribution in [2.75, 3.05) is 33.4 Å². The Morgan fingerprint density at radius 3 is 2.58 bits per heavy atom. The number of methoxy groups -OCH3 is 1. The number of hydrogen-bond donors (Lipinski definition) is 0. The van der Waals surface area contributed by atoms with Crippen molar-refractivity contribution in [1.82, 2.24) is 4.90 Å². The van der Waals surface area contributed by atoms with Gasteiger partial charge in [0.05, 0.1) is 20.3 Å². The molecule has 0 aliphatic carbocycles. The summed E-state index contributed by atoms with van der Waals surface area (Å²) in [6, 6.07) is 5.84. The number of piperidine rings is 1. The summed E-state index contributed by atoms with van der Waals surface area (Å²) < 4.78 is 15.9. The molecule has 1 atom stereocenters. The first-order chi connectivity index (χ1) is 11.6. The lowest BCUT2D eigenvalue weighted by Crippen LogP contribution is -2.44. The fraction of sp³-hybridized carbons (Fsp3) is 0.556. The molecule has 1 aromatic carbocycles. The zero-order valence-corrected chi connectivity index (χ0v) is 14.5. The van der Waals surface area contributed by atoms with E-state index in [1.54, 1.807) is 0 Å². The van der Waals surface area contributed by atoms with Crippen LogP contribution in [0.1, 0.15) is 25.8 Å². The molecule has 0 saturated carbocycles. The minimum atomic E-state index is -0.683. The molecule has 0 bridgehead atoms. The lowest BCUT2D eigenvalue weighted by atomic mass is 9.96. The first kappa shape index (κ1) is 18.3. The summed E-state index contributed by atoms with van der Waals surface area (Å²) in [5, 5.41) is 0. The Hall–Kier alpha value is -2.08. The zero-order chi connectivity index (χ0) is 17.5. The Kier molecular flexibility index (Phi) is 6.61. The minimum Gasteiger partial charge on any atom is -0.490 e. The molecule has 2 rings (SSSR count). The molecule has 1 aliphatic heterocycles. The van der Waals surface area contributed by atoms with Gasteiger partial charge < -0.3 is 14.2 Å². The van der Waals surface area contributed by atoms with Gasteiger partial charge in [-0.3, -0.25) is 14.5 Å². The van der Waals surface area contributed by atoms with E-state index in [0.29, 0.717) is 39.3 Å². The van der Waals surface area contributed by atoms with Gasteiger partial charge in [0.1, 0.15) is 11.7 Å². The molecule has 0 amide bonds. The molecule has 1 saturated heterocycles. The third-order valence-electron chi connectivity index (χ3n) is 4.00. The zero-order valence-electron chi connectivity index (χ0n) is 14.5. The van der Waals surface area contributed by atoms with Crippen molar-refractivity contribution in [1.29, 1.82) is 0 Å². The van der Waals surface area contributed by atoms with Crippen LogP contribution in [0.15, 0.2) is 18.2 Å². The Bertz CT molecular complexity index is 579. The van der Waals surface area contributed by atoms with Crippen LogP contribution in [-0.2, 0) is 20.9 Å². The van der Waals surface area contributed by atoms with Crippen LogP contribution in [0.4, 0.5) is 0 Å². The highest BCUT2D eigenvalue weighted by Crippen LogP contribution is 2.29. The van der Waals surface area contributed by atoms with E-state index < -0.39 is 11.9 Å². The van der Waals surface area contributed by atoms with Gasteiger partial charge in [-0.15, -0.1) is 0 Å². The molecule has 0 N–H and O–H groups in total. The number of carbonyl (C=O) groups is 2. The van der Waals surface area contributed by atoms with Gasteiger partial charge in [0, 0.05) is 26.1 Å². The second kappa shape index (κ2) is 8.68. The summed E-state index contributed by atoms with van der Waals surface area (Å²) in [5.41, 5.74) is 1.06. The predicted octanol–water partition coefficient (Wildman–Crippen LogP) is 2.05. The van der Waals surface area contributed by atoms with E-state index in [0.717, 1.165) is 17.1 Å². The minimum absolute atomic E-state index is 0.0419. The molecule has 0 radical (unpaired) electrons. The molecule has 1 aliphatic rings. The van der Waals surface area contributed by atoms with E-state index in [-0.39, 0.29) is 5.78 Å². The van der Waals surface area contributed by atoms with Gasteiger partial charge in [0.2, 0.25) is 0 Å². The van der Waals surface area contributed by atoms with Crippen LogP contribution in [0.2, 0.25) is 0 Å². The van der Waals surface area contributed by atoms with Crippen molar-refractivity contribution in [3.63, 3.8) is 0 Å². The second-order valence-electron chi connectivity index (χ2n) is 5.67. The first-order valence-corrected chi connectivity index (χ1v) is 8.30. The van der Waals surface area contributed by atoms with E-state index in [2.05, 4.69) is 4.90 Å². The largest absolute Gasteiger partial charge is 0.490 e. The maximum absolute atomic E-state index is 11.9. The summed E-state index contributed by atoms with van der Waals surface area (Å²) in [4.78, 5) is 25.7. The van der Waals surface area contributed by atoms with E-state index in [1.807, 2.05) is 32.0 Å². The van der Waals surface area contributed by atoms with Crippen molar-refractivity contribution in [2.24, 2.45) is 5.92 Å². The number of carbonyl (C=O) groups excluding carboxylic acids is 2. The number of nitrogens with zero attached hydrogens (tertiary/aromatic N) is 1.